The molecule has 0 atom stereocenters. The van der Waals surface area contributed by atoms with Gasteiger partial charge in [-0.15, -0.1) is 0 Å². The molecule has 2 heteroatoms. The van der Waals surface area contributed by atoms with Crippen molar-refractivity contribution in [2.75, 3.05) is 6.54 Å². The molecule has 1 nitrogen and oxygen atoms in total. The predicted octanol–water partition coefficient (Wildman–Crippen LogP) is 2.07. The summed E-state index contributed by atoms with van der Waals surface area (Å²) in [5, 5.41) is 0. The third-order valence-electron chi connectivity index (χ3n) is 1.51. The quantitative estimate of drug-likeness (QED) is 0.541. The second kappa shape index (κ2) is 9.76. The van der Waals surface area contributed by atoms with E-state index in [0.717, 1.165) is 6.54 Å². The van der Waals surface area contributed by atoms with Crippen molar-refractivity contribution in [1.29, 1.82) is 0 Å². The van der Waals surface area contributed by atoms with Crippen LogP contribution in [0.5, 0.6) is 0 Å². The van der Waals surface area contributed by atoms with E-state index in [2.05, 4.69) is 6.92 Å². The summed E-state index contributed by atoms with van der Waals surface area (Å²) >= 11 is 0.0812. The number of hydrogen-bond donors (Lipinski definition) is 1. The standard InChI is InChI=1S/C4H10N.C4H9.Sn/c1-2-3-4-5;1-3-4-2;/h1-5H2;1,3-4H2,2H3;. The van der Waals surface area contributed by atoms with Gasteiger partial charge >= 0.3 is 74.9 Å². The molecular weight excluding hydrogens is 229 g/mol. The van der Waals surface area contributed by atoms with Crippen LogP contribution in [0.25, 0.3) is 0 Å². The summed E-state index contributed by atoms with van der Waals surface area (Å²) < 4.78 is 3.14. The van der Waals surface area contributed by atoms with Crippen molar-refractivity contribution in [2.24, 2.45) is 5.73 Å². The first-order valence-corrected chi connectivity index (χ1v) is 8.36. The molecule has 0 aromatic rings. The minimum atomic E-state index is 0.0812. The first kappa shape index (κ1) is 10.8. The molecule has 0 amide bonds. The second-order valence-electron chi connectivity index (χ2n) is 2.60. The number of unbranched alkanes of at least 4 members (excludes halogenated alkanes) is 2. The van der Waals surface area contributed by atoms with E-state index in [1.54, 1.807) is 8.87 Å². The van der Waals surface area contributed by atoms with Gasteiger partial charge in [0.25, 0.3) is 0 Å². The average Bonchev–Trinajstić information content (AvgIpc) is 1.97. The van der Waals surface area contributed by atoms with E-state index in [1.165, 1.54) is 25.7 Å². The van der Waals surface area contributed by atoms with Gasteiger partial charge in [0.1, 0.15) is 0 Å². The van der Waals surface area contributed by atoms with Crippen LogP contribution in [0.15, 0.2) is 0 Å². The Morgan fingerprint density at radius 2 is 1.80 bits per heavy atom. The molecule has 0 bridgehead atoms. The summed E-state index contributed by atoms with van der Waals surface area (Å²) in [6.45, 7) is 3.17. The Labute approximate surface area is 75.0 Å². The maximum absolute atomic E-state index is 5.39. The molecule has 10 heavy (non-hydrogen) atoms. The van der Waals surface area contributed by atoms with E-state index in [0.29, 0.717) is 0 Å². The molecule has 0 fully saturated rings. The van der Waals surface area contributed by atoms with E-state index >= 15 is 0 Å². The Kier molecular flexibility index (Phi) is 10.5. The van der Waals surface area contributed by atoms with Gasteiger partial charge in [-0.05, 0) is 0 Å². The Morgan fingerprint density at radius 1 is 1.10 bits per heavy atom. The van der Waals surface area contributed by atoms with Gasteiger partial charge in [0.2, 0.25) is 0 Å². The van der Waals surface area contributed by atoms with Gasteiger partial charge in [-0.25, -0.2) is 0 Å². The molecule has 0 aliphatic rings. The molecule has 0 spiro atoms. The van der Waals surface area contributed by atoms with Gasteiger partial charge in [-0.3, -0.25) is 0 Å². The van der Waals surface area contributed by atoms with Gasteiger partial charge in [0.05, 0.1) is 0 Å². The molecule has 2 radical (unpaired) electrons. The summed E-state index contributed by atoms with van der Waals surface area (Å²) in [6.07, 6.45) is 5.53. The molecule has 0 aliphatic carbocycles. The molecule has 0 aromatic heterocycles. The second-order valence-corrected chi connectivity index (χ2v) is 6.88. The van der Waals surface area contributed by atoms with Gasteiger partial charge in [0, 0.05) is 0 Å². The minimum absolute atomic E-state index is 0.0812. The summed E-state index contributed by atoms with van der Waals surface area (Å²) in [6, 6.07) is 0. The van der Waals surface area contributed by atoms with Crippen LogP contribution in [0.2, 0.25) is 8.87 Å². The van der Waals surface area contributed by atoms with Crippen LogP contribution in [0.4, 0.5) is 0 Å². The van der Waals surface area contributed by atoms with Crippen molar-refractivity contribution in [3.63, 3.8) is 0 Å². The van der Waals surface area contributed by atoms with E-state index in [-0.39, 0.29) is 21.1 Å². The predicted molar refractivity (Wildman–Crippen MR) is 48.6 cm³/mol. The zero-order valence-electron chi connectivity index (χ0n) is 7.03. The molecule has 0 aromatic carbocycles. The Morgan fingerprint density at radius 3 is 2.40 bits per heavy atom. The Hall–Kier alpha value is 0.759. The molecule has 60 valence electrons. The summed E-state index contributed by atoms with van der Waals surface area (Å²) in [5.41, 5.74) is 5.39. The maximum atomic E-state index is 5.39. The Bertz CT molecular complexity index is 49.2. The van der Waals surface area contributed by atoms with E-state index < -0.39 is 0 Å². The van der Waals surface area contributed by atoms with Crippen LogP contribution in [0, 0.1) is 0 Å². The van der Waals surface area contributed by atoms with Gasteiger partial charge in [0.15, 0.2) is 0 Å². The van der Waals surface area contributed by atoms with Crippen LogP contribution in [-0.4, -0.2) is 27.7 Å². The molecule has 0 heterocycles. The number of rotatable bonds is 7. The van der Waals surface area contributed by atoms with Crippen LogP contribution in [0.1, 0.15) is 32.6 Å². The fourth-order valence-electron chi connectivity index (χ4n) is 0.821. The zero-order chi connectivity index (χ0) is 7.66. The normalized spacial score (nSPS) is 10.2. The molecule has 2 N–H and O–H groups in total. The fourth-order valence-corrected chi connectivity index (χ4v) is 4.68. The molecule has 0 rings (SSSR count). The van der Waals surface area contributed by atoms with Crippen molar-refractivity contribution in [3.05, 3.63) is 0 Å². The topological polar surface area (TPSA) is 26.0 Å². The zero-order valence-corrected chi connectivity index (χ0v) is 9.88. The first-order chi connectivity index (χ1) is 4.91. The van der Waals surface area contributed by atoms with Crippen LogP contribution >= 0.6 is 0 Å². The first-order valence-electron chi connectivity index (χ1n) is 4.32. The third-order valence-corrected chi connectivity index (χ3v) is 5.55. The van der Waals surface area contributed by atoms with E-state index in [9.17, 15) is 0 Å². The molecule has 0 aliphatic heterocycles. The summed E-state index contributed by atoms with van der Waals surface area (Å²) in [4.78, 5) is 0. The van der Waals surface area contributed by atoms with Crippen molar-refractivity contribution in [3.8, 4) is 0 Å². The summed E-state index contributed by atoms with van der Waals surface area (Å²) in [7, 11) is 0. The number of hydrogen-bond acceptors (Lipinski definition) is 1. The molecule has 0 saturated carbocycles. The summed E-state index contributed by atoms with van der Waals surface area (Å²) in [5.74, 6) is 0. The van der Waals surface area contributed by atoms with E-state index in [1.807, 2.05) is 0 Å². The number of nitrogens with two attached hydrogens (primary N) is 1. The van der Waals surface area contributed by atoms with Crippen LogP contribution in [0.3, 0.4) is 0 Å². The molecule has 0 saturated heterocycles. The van der Waals surface area contributed by atoms with Crippen LogP contribution < -0.4 is 5.73 Å². The van der Waals surface area contributed by atoms with Crippen LogP contribution in [-0.2, 0) is 0 Å². The van der Waals surface area contributed by atoms with Gasteiger partial charge in [-0.2, -0.15) is 0 Å². The monoisotopic (exact) mass is 249 g/mol. The van der Waals surface area contributed by atoms with Crippen molar-refractivity contribution in [1.82, 2.24) is 0 Å². The van der Waals surface area contributed by atoms with Crippen molar-refractivity contribution in [2.45, 2.75) is 41.5 Å². The van der Waals surface area contributed by atoms with Gasteiger partial charge < -0.3 is 0 Å². The molecular formula is C8H19NSn. The fraction of sp³-hybridized carbons (Fsp3) is 1.00. The molecule has 0 unspecified atom stereocenters. The van der Waals surface area contributed by atoms with E-state index in [4.69, 9.17) is 5.73 Å². The van der Waals surface area contributed by atoms with Crippen molar-refractivity contribution < 1.29 is 0 Å². The van der Waals surface area contributed by atoms with Gasteiger partial charge in [-0.1, -0.05) is 0 Å². The average molecular weight is 248 g/mol. The Balaban J connectivity index is 2.65. The third kappa shape index (κ3) is 8.76. The SMILES string of the molecule is CCC[CH2][Sn][CH2]CCCN. The van der Waals surface area contributed by atoms with Crippen molar-refractivity contribution >= 4 is 21.1 Å².